The van der Waals surface area contributed by atoms with Crippen LogP contribution in [0.4, 0.5) is 11.4 Å². The third kappa shape index (κ3) is 5.04. The second kappa shape index (κ2) is 8.94. The predicted molar refractivity (Wildman–Crippen MR) is 111 cm³/mol. The fourth-order valence-corrected chi connectivity index (χ4v) is 3.70. The molecule has 0 spiro atoms. The average molecular weight is 486 g/mol. The van der Waals surface area contributed by atoms with E-state index < -0.39 is 24.4 Å². The van der Waals surface area contributed by atoms with Crippen LogP contribution in [0.25, 0.3) is 0 Å². The van der Waals surface area contributed by atoms with Gasteiger partial charge < -0.3 is 15.0 Å². The highest BCUT2D eigenvalue weighted by molar-refractivity contribution is 9.10. The maximum atomic E-state index is 12.3. The van der Waals surface area contributed by atoms with Gasteiger partial charge in [-0.25, -0.2) is 0 Å². The summed E-state index contributed by atoms with van der Waals surface area (Å²) in [5.74, 6) is -1.96. The molecule has 1 aliphatic rings. The first kappa shape index (κ1) is 20.6. The van der Waals surface area contributed by atoms with Crippen LogP contribution in [-0.4, -0.2) is 30.9 Å². The number of hydrogen-bond donors (Lipinski definition) is 1. The normalized spacial score (nSPS) is 16.2. The van der Waals surface area contributed by atoms with Crippen LogP contribution in [0.3, 0.4) is 0 Å². The van der Waals surface area contributed by atoms with Crippen LogP contribution in [-0.2, 0) is 19.1 Å². The van der Waals surface area contributed by atoms with Crippen molar-refractivity contribution in [1.82, 2.24) is 0 Å². The Morgan fingerprint density at radius 3 is 2.71 bits per heavy atom. The van der Waals surface area contributed by atoms with Gasteiger partial charge in [-0.15, -0.1) is 0 Å². The molecule has 9 heteroatoms. The summed E-state index contributed by atoms with van der Waals surface area (Å²) in [6.07, 6.45) is 0.0194. The lowest BCUT2D eigenvalue weighted by molar-refractivity contribution is -0.151. The maximum absolute atomic E-state index is 12.3. The van der Waals surface area contributed by atoms with Gasteiger partial charge in [-0.2, -0.15) is 0 Å². The SMILES string of the molecule is O=C(COC(=O)[C@@H]1CC(=O)N(c2cccc(Cl)c2)C1)Nc1ccc(Br)cc1Cl. The summed E-state index contributed by atoms with van der Waals surface area (Å²) in [5, 5.41) is 3.43. The van der Waals surface area contributed by atoms with Crippen molar-refractivity contribution in [3.05, 3.63) is 57.0 Å². The lowest BCUT2D eigenvalue weighted by atomic mass is 10.1. The van der Waals surface area contributed by atoms with E-state index >= 15 is 0 Å². The van der Waals surface area contributed by atoms with Gasteiger partial charge in [0.15, 0.2) is 6.61 Å². The molecule has 3 rings (SSSR count). The summed E-state index contributed by atoms with van der Waals surface area (Å²) < 4.78 is 5.85. The van der Waals surface area contributed by atoms with Crippen LogP contribution in [0.15, 0.2) is 46.9 Å². The number of hydrogen-bond acceptors (Lipinski definition) is 4. The monoisotopic (exact) mass is 484 g/mol. The first-order valence-corrected chi connectivity index (χ1v) is 9.86. The van der Waals surface area contributed by atoms with Crippen LogP contribution in [0.1, 0.15) is 6.42 Å². The Balaban J connectivity index is 1.53. The molecule has 0 saturated carbocycles. The molecule has 0 aliphatic carbocycles. The van der Waals surface area contributed by atoms with Crippen molar-refractivity contribution in [2.24, 2.45) is 5.92 Å². The third-order valence-electron chi connectivity index (χ3n) is 4.13. The summed E-state index contributed by atoms with van der Waals surface area (Å²) in [7, 11) is 0. The standard InChI is InChI=1S/C19H15BrCl2N2O4/c20-12-4-5-16(15(22)7-12)23-17(25)10-28-19(27)11-6-18(26)24(9-11)14-3-1-2-13(21)8-14/h1-5,7-8,11H,6,9-10H2,(H,23,25)/t11-/m1/s1. The second-order valence-corrected chi connectivity index (χ2v) is 7.92. The van der Waals surface area contributed by atoms with Crippen molar-refractivity contribution in [2.45, 2.75) is 6.42 Å². The van der Waals surface area contributed by atoms with E-state index in [1.807, 2.05) is 0 Å². The number of esters is 1. The zero-order valence-corrected chi connectivity index (χ0v) is 17.6. The minimum absolute atomic E-state index is 0.0194. The van der Waals surface area contributed by atoms with Crippen molar-refractivity contribution < 1.29 is 19.1 Å². The van der Waals surface area contributed by atoms with E-state index in [1.165, 1.54) is 4.90 Å². The molecule has 0 radical (unpaired) electrons. The molecule has 2 amide bonds. The summed E-state index contributed by atoms with van der Waals surface area (Å²) in [6, 6.07) is 11.8. The number of nitrogens with zero attached hydrogens (tertiary/aromatic N) is 1. The van der Waals surface area contributed by atoms with Gasteiger partial charge in [-0.1, -0.05) is 45.2 Å². The van der Waals surface area contributed by atoms with Crippen molar-refractivity contribution >= 4 is 68.3 Å². The first-order valence-electron chi connectivity index (χ1n) is 8.31. The number of benzene rings is 2. The molecule has 0 unspecified atom stereocenters. The predicted octanol–water partition coefficient (Wildman–Crippen LogP) is 4.29. The highest BCUT2D eigenvalue weighted by Crippen LogP contribution is 2.28. The third-order valence-corrected chi connectivity index (χ3v) is 5.17. The fraction of sp³-hybridized carbons (Fsp3) is 0.211. The molecule has 0 bridgehead atoms. The lowest BCUT2D eigenvalue weighted by Gasteiger charge is -2.16. The molecule has 1 N–H and O–H groups in total. The van der Waals surface area contributed by atoms with Crippen molar-refractivity contribution in [3.63, 3.8) is 0 Å². The molecule has 0 aromatic heterocycles. The summed E-state index contributed by atoms with van der Waals surface area (Å²) in [4.78, 5) is 38.0. The Morgan fingerprint density at radius 1 is 1.21 bits per heavy atom. The highest BCUT2D eigenvalue weighted by atomic mass is 79.9. The van der Waals surface area contributed by atoms with E-state index in [0.29, 0.717) is 21.4 Å². The Labute approximate surface area is 179 Å². The number of nitrogens with one attached hydrogen (secondary N) is 1. The number of carbonyl (C=O) groups is 3. The minimum Gasteiger partial charge on any atom is -0.455 e. The number of anilines is 2. The van der Waals surface area contributed by atoms with Crippen molar-refractivity contribution in [2.75, 3.05) is 23.4 Å². The van der Waals surface area contributed by atoms with E-state index in [1.54, 1.807) is 42.5 Å². The molecule has 6 nitrogen and oxygen atoms in total. The Bertz CT molecular complexity index is 938. The quantitative estimate of drug-likeness (QED) is 0.641. The number of ether oxygens (including phenoxy) is 1. The van der Waals surface area contributed by atoms with Crippen LogP contribution < -0.4 is 10.2 Å². The minimum atomic E-state index is -0.643. The van der Waals surface area contributed by atoms with E-state index in [0.717, 1.165) is 4.47 Å². The molecule has 28 heavy (non-hydrogen) atoms. The first-order chi connectivity index (χ1) is 13.3. The van der Waals surface area contributed by atoms with Crippen LogP contribution in [0.2, 0.25) is 10.0 Å². The Morgan fingerprint density at radius 2 is 2.00 bits per heavy atom. The Kier molecular flexibility index (Phi) is 6.59. The molecule has 1 aliphatic heterocycles. The van der Waals surface area contributed by atoms with Gasteiger partial charge in [0, 0.05) is 28.1 Å². The van der Waals surface area contributed by atoms with Gasteiger partial charge in [-0.3, -0.25) is 14.4 Å². The van der Waals surface area contributed by atoms with Crippen molar-refractivity contribution in [3.8, 4) is 0 Å². The molecular formula is C19H15BrCl2N2O4. The van der Waals surface area contributed by atoms with Gasteiger partial charge in [0.05, 0.1) is 16.6 Å². The van der Waals surface area contributed by atoms with Gasteiger partial charge in [0.25, 0.3) is 5.91 Å². The topological polar surface area (TPSA) is 75.7 Å². The average Bonchev–Trinajstić information content (AvgIpc) is 3.04. The highest BCUT2D eigenvalue weighted by Gasteiger charge is 2.36. The van der Waals surface area contributed by atoms with Crippen LogP contribution in [0, 0.1) is 5.92 Å². The Hall–Kier alpha value is -2.09. The number of carbonyl (C=O) groups excluding carboxylic acids is 3. The molecule has 1 saturated heterocycles. The van der Waals surface area contributed by atoms with Crippen molar-refractivity contribution in [1.29, 1.82) is 0 Å². The van der Waals surface area contributed by atoms with Gasteiger partial charge >= 0.3 is 5.97 Å². The largest absolute Gasteiger partial charge is 0.455 e. The smallest absolute Gasteiger partial charge is 0.311 e. The lowest BCUT2D eigenvalue weighted by Crippen LogP contribution is -2.28. The van der Waals surface area contributed by atoms with Gasteiger partial charge in [0.1, 0.15) is 0 Å². The molecule has 1 fully saturated rings. The number of halogens is 3. The number of amides is 2. The molecule has 1 heterocycles. The summed E-state index contributed by atoms with van der Waals surface area (Å²) >= 11 is 15.3. The van der Waals surface area contributed by atoms with E-state index in [9.17, 15) is 14.4 Å². The van der Waals surface area contributed by atoms with Gasteiger partial charge in [0.2, 0.25) is 5.91 Å². The summed E-state index contributed by atoms with van der Waals surface area (Å²) in [5.41, 5.74) is 1.03. The van der Waals surface area contributed by atoms with Crippen LogP contribution in [0.5, 0.6) is 0 Å². The van der Waals surface area contributed by atoms with E-state index in [4.69, 9.17) is 27.9 Å². The molecule has 146 valence electrons. The second-order valence-electron chi connectivity index (χ2n) is 6.17. The fourth-order valence-electron chi connectivity index (χ4n) is 2.79. The van der Waals surface area contributed by atoms with Crippen LogP contribution >= 0.6 is 39.1 Å². The molecular weight excluding hydrogens is 471 g/mol. The van der Waals surface area contributed by atoms with E-state index in [2.05, 4.69) is 21.2 Å². The zero-order chi connectivity index (χ0) is 20.3. The molecule has 1 atom stereocenters. The van der Waals surface area contributed by atoms with Gasteiger partial charge in [-0.05, 0) is 36.4 Å². The van der Waals surface area contributed by atoms with E-state index in [-0.39, 0.29) is 18.9 Å². The summed E-state index contributed by atoms with van der Waals surface area (Å²) in [6.45, 7) is -0.286. The zero-order valence-electron chi connectivity index (χ0n) is 14.5. The number of rotatable bonds is 5. The maximum Gasteiger partial charge on any atom is 0.311 e. The molecule has 2 aromatic rings. The molecule has 2 aromatic carbocycles.